The topological polar surface area (TPSA) is 39.9 Å². The van der Waals surface area contributed by atoms with E-state index in [9.17, 15) is 0 Å². The average Bonchev–Trinajstić information content (AvgIpc) is 2.39. The molecule has 0 bridgehead atoms. The molecule has 1 aromatic carbocycles. The molecule has 2 rings (SSSR count). The van der Waals surface area contributed by atoms with Gasteiger partial charge >= 0.3 is 0 Å². The van der Waals surface area contributed by atoms with Gasteiger partial charge in [-0.3, -0.25) is 0 Å². The summed E-state index contributed by atoms with van der Waals surface area (Å²) in [6.07, 6.45) is 1.74. The third kappa shape index (κ3) is 1.86. The molecule has 3 heteroatoms. The molecule has 0 saturated carbocycles. The summed E-state index contributed by atoms with van der Waals surface area (Å²) in [5, 5.41) is 9.02. The Hall–Kier alpha value is -2.34. The highest BCUT2D eigenvalue weighted by Gasteiger charge is 2.08. The third-order valence-electron chi connectivity index (χ3n) is 2.38. The number of aromatic nitrogens is 1. The van der Waals surface area contributed by atoms with Crippen LogP contribution in [-0.2, 0) is 0 Å². The van der Waals surface area contributed by atoms with E-state index < -0.39 is 0 Å². The van der Waals surface area contributed by atoms with Crippen molar-refractivity contribution in [1.82, 2.24) is 4.98 Å². The van der Waals surface area contributed by atoms with E-state index in [1.165, 1.54) is 0 Å². The molecule has 0 aliphatic heterocycles. The smallest absolute Gasteiger partial charge is 0.132 e. The fourth-order valence-electron chi connectivity index (χ4n) is 1.54. The number of rotatable bonds is 2. The summed E-state index contributed by atoms with van der Waals surface area (Å²) in [6.45, 7) is 0. The Morgan fingerprint density at radius 3 is 2.56 bits per heavy atom. The number of hydrogen-bond donors (Lipinski definition) is 0. The molecule has 16 heavy (non-hydrogen) atoms. The van der Waals surface area contributed by atoms with E-state index in [1.54, 1.807) is 12.3 Å². The van der Waals surface area contributed by atoms with Crippen molar-refractivity contribution in [3.05, 3.63) is 54.2 Å². The molecular formula is C13H11N3. The van der Waals surface area contributed by atoms with Gasteiger partial charge in [-0.15, -0.1) is 0 Å². The summed E-state index contributed by atoms with van der Waals surface area (Å²) in [7, 11) is 1.90. The summed E-state index contributed by atoms with van der Waals surface area (Å²) in [5.41, 5.74) is 1.51. The Kier molecular flexibility index (Phi) is 2.84. The SMILES string of the molecule is CN(c1ccccn1)c1ccccc1C#N. The van der Waals surface area contributed by atoms with Gasteiger partial charge in [0.1, 0.15) is 11.9 Å². The molecular weight excluding hydrogens is 198 g/mol. The van der Waals surface area contributed by atoms with E-state index in [4.69, 9.17) is 5.26 Å². The van der Waals surface area contributed by atoms with Crippen molar-refractivity contribution in [2.45, 2.75) is 0 Å². The van der Waals surface area contributed by atoms with Crippen molar-refractivity contribution in [2.24, 2.45) is 0 Å². The van der Waals surface area contributed by atoms with Gasteiger partial charge in [-0.2, -0.15) is 5.26 Å². The minimum Gasteiger partial charge on any atom is -0.328 e. The zero-order valence-electron chi connectivity index (χ0n) is 8.96. The second-order valence-electron chi connectivity index (χ2n) is 3.38. The molecule has 0 unspecified atom stereocenters. The Morgan fingerprint density at radius 2 is 1.88 bits per heavy atom. The quantitative estimate of drug-likeness (QED) is 0.763. The first-order valence-corrected chi connectivity index (χ1v) is 4.97. The lowest BCUT2D eigenvalue weighted by Gasteiger charge is -2.18. The van der Waals surface area contributed by atoms with Crippen LogP contribution in [0.3, 0.4) is 0 Å². The van der Waals surface area contributed by atoms with Crippen molar-refractivity contribution in [2.75, 3.05) is 11.9 Å². The summed E-state index contributed by atoms with van der Waals surface area (Å²) < 4.78 is 0. The molecule has 0 radical (unpaired) electrons. The third-order valence-corrected chi connectivity index (χ3v) is 2.38. The molecule has 0 atom stereocenters. The van der Waals surface area contributed by atoms with Crippen LogP contribution in [0, 0.1) is 11.3 Å². The molecule has 1 heterocycles. The number of anilines is 2. The van der Waals surface area contributed by atoms with Crippen LogP contribution in [0.25, 0.3) is 0 Å². The second-order valence-corrected chi connectivity index (χ2v) is 3.38. The second kappa shape index (κ2) is 4.45. The first-order chi connectivity index (χ1) is 7.83. The van der Waals surface area contributed by atoms with Gasteiger partial charge in [-0.25, -0.2) is 4.98 Å². The first-order valence-electron chi connectivity index (χ1n) is 4.97. The highest BCUT2D eigenvalue weighted by atomic mass is 15.2. The van der Waals surface area contributed by atoms with Gasteiger partial charge in [0.15, 0.2) is 0 Å². The lowest BCUT2D eigenvalue weighted by molar-refractivity contribution is 1.12. The highest BCUT2D eigenvalue weighted by Crippen LogP contribution is 2.24. The van der Waals surface area contributed by atoms with Gasteiger partial charge < -0.3 is 4.90 Å². The standard InChI is InChI=1S/C13H11N3/c1-16(13-8-4-5-9-15-13)12-7-3-2-6-11(12)10-14/h2-9H,1H3. The Labute approximate surface area is 94.6 Å². The van der Waals surface area contributed by atoms with Gasteiger partial charge in [-0.05, 0) is 24.3 Å². The van der Waals surface area contributed by atoms with Crippen LogP contribution in [0.4, 0.5) is 11.5 Å². The summed E-state index contributed by atoms with van der Waals surface area (Å²) in [6, 6.07) is 15.4. The van der Waals surface area contributed by atoms with E-state index in [-0.39, 0.29) is 0 Å². The predicted molar refractivity (Wildman–Crippen MR) is 63.5 cm³/mol. The average molecular weight is 209 g/mol. The normalized spacial score (nSPS) is 9.50. The summed E-state index contributed by atoms with van der Waals surface area (Å²) in [4.78, 5) is 6.15. The van der Waals surface area contributed by atoms with Crippen molar-refractivity contribution >= 4 is 11.5 Å². The molecule has 0 aliphatic carbocycles. The van der Waals surface area contributed by atoms with Crippen LogP contribution in [0.5, 0.6) is 0 Å². The molecule has 0 aliphatic rings. The van der Waals surface area contributed by atoms with E-state index in [0.717, 1.165) is 11.5 Å². The van der Waals surface area contributed by atoms with E-state index >= 15 is 0 Å². The van der Waals surface area contributed by atoms with Crippen molar-refractivity contribution < 1.29 is 0 Å². The first kappa shape index (κ1) is 10.2. The monoisotopic (exact) mass is 209 g/mol. The van der Waals surface area contributed by atoms with Gasteiger partial charge in [-0.1, -0.05) is 18.2 Å². The van der Waals surface area contributed by atoms with Crippen LogP contribution in [0.15, 0.2) is 48.7 Å². The Bertz CT molecular complexity index is 514. The molecule has 0 spiro atoms. The maximum Gasteiger partial charge on any atom is 0.132 e. The number of para-hydroxylation sites is 1. The van der Waals surface area contributed by atoms with Crippen LogP contribution in [-0.4, -0.2) is 12.0 Å². The van der Waals surface area contributed by atoms with E-state index in [0.29, 0.717) is 5.56 Å². The van der Waals surface area contributed by atoms with Crippen LogP contribution in [0.1, 0.15) is 5.56 Å². The molecule has 1 aromatic heterocycles. The van der Waals surface area contributed by atoms with Gasteiger partial charge in [0.05, 0.1) is 11.3 Å². The summed E-state index contributed by atoms with van der Waals surface area (Å²) >= 11 is 0. The lowest BCUT2D eigenvalue weighted by Crippen LogP contribution is -2.12. The molecule has 2 aromatic rings. The lowest BCUT2D eigenvalue weighted by atomic mass is 10.2. The maximum atomic E-state index is 9.02. The molecule has 78 valence electrons. The zero-order chi connectivity index (χ0) is 11.4. The van der Waals surface area contributed by atoms with Crippen LogP contribution >= 0.6 is 0 Å². The number of hydrogen-bond acceptors (Lipinski definition) is 3. The number of pyridine rings is 1. The number of nitriles is 1. The molecule has 0 fully saturated rings. The molecule has 3 nitrogen and oxygen atoms in total. The Balaban J connectivity index is 2.42. The molecule has 0 N–H and O–H groups in total. The Morgan fingerprint density at radius 1 is 1.12 bits per heavy atom. The van der Waals surface area contributed by atoms with E-state index in [2.05, 4.69) is 11.1 Å². The van der Waals surface area contributed by atoms with Crippen LogP contribution < -0.4 is 4.90 Å². The van der Waals surface area contributed by atoms with Gasteiger partial charge in [0, 0.05) is 13.2 Å². The molecule has 0 amide bonds. The van der Waals surface area contributed by atoms with Crippen molar-refractivity contribution in [3.63, 3.8) is 0 Å². The van der Waals surface area contributed by atoms with Gasteiger partial charge in [0.25, 0.3) is 0 Å². The van der Waals surface area contributed by atoms with Gasteiger partial charge in [0.2, 0.25) is 0 Å². The molecule has 0 saturated heterocycles. The van der Waals surface area contributed by atoms with Crippen LogP contribution in [0.2, 0.25) is 0 Å². The number of benzene rings is 1. The minimum atomic E-state index is 0.649. The predicted octanol–water partition coefficient (Wildman–Crippen LogP) is 2.72. The summed E-state index contributed by atoms with van der Waals surface area (Å²) in [5.74, 6) is 0.824. The fourth-order valence-corrected chi connectivity index (χ4v) is 1.54. The zero-order valence-corrected chi connectivity index (χ0v) is 8.96. The fraction of sp³-hybridized carbons (Fsp3) is 0.0769. The van der Waals surface area contributed by atoms with E-state index in [1.807, 2.05) is 48.3 Å². The maximum absolute atomic E-state index is 9.02. The largest absolute Gasteiger partial charge is 0.328 e. The van der Waals surface area contributed by atoms with Crippen molar-refractivity contribution in [1.29, 1.82) is 5.26 Å². The number of nitrogens with zero attached hydrogens (tertiary/aromatic N) is 3. The van der Waals surface area contributed by atoms with Crippen molar-refractivity contribution in [3.8, 4) is 6.07 Å². The minimum absolute atomic E-state index is 0.649. The highest BCUT2D eigenvalue weighted by molar-refractivity contribution is 5.66.